The number of benzene rings is 2. The van der Waals surface area contributed by atoms with Gasteiger partial charge in [-0.15, -0.1) is 0 Å². The first-order valence-electron chi connectivity index (χ1n) is 9.81. The fraction of sp³-hybridized carbons (Fsp3) is 0.364. The van der Waals surface area contributed by atoms with Crippen LogP contribution < -0.4 is 15.5 Å². The van der Waals surface area contributed by atoms with Crippen LogP contribution in [0.5, 0.6) is 0 Å². The summed E-state index contributed by atoms with van der Waals surface area (Å²) in [5.41, 5.74) is 2.46. The van der Waals surface area contributed by atoms with E-state index in [4.69, 9.17) is 0 Å². The van der Waals surface area contributed by atoms with Gasteiger partial charge >= 0.3 is 11.8 Å². The summed E-state index contributed by atoms with van der Waals surface area (Å²) in [6.45, 7) is 2.64. The molecule has 0 spiro atoms. The van der Waals surface area contributed by atoms with Crippen LogP contribution in [0.25, 0.3) is 0 Å². The number of aryl methyl sites for hydroxylation is 1. The first-order chi connectivity index (χ1) is 13.6. The molecule has 3 rings (SSSR count). The number of nitrogens with zero attached hydrogens (tertiary/aromatic N) is 1. The average molecular weight is 383 g/mol. The molecule has 0 radical (unpaired) electrons. The van der Waals surface area contributed by atoms with Gasteiger partial charge in [0.25, 0.3) is 0 Å². The Morgan fingerprint density at radius 3 is 2.36 bits per heavy atom. The van der Waals surface area contributed by atoms with E-state index in [0.29, 0.717) is 6.54 Å². The van der Waals surface area contributed by atoms with Crippen LogP contribution >= 0.6 is 0 Å². The second kappa shape index (κ2) is 9.88. The van der Waals surface area contributed by atoms with E-state index in [2.05, 4.69) is 39.8 Å². The maximum atomic E-state index is 13.5. The lowest BCUT2D eigenvalue weighted by Crippen LogP contribution is -2.36. The second-order valence-electron chi connectivity index (χ2n) is 7.01. The molecule has 1 aliphatic heterocycles. The van der Waals surface area contributed by atoms with Gasteiger partial charge in [0.05, 0.1) is 5.69 Å². The smallest absolute Gasteiger partial charge is 0.313 e. The van der Waals surface area contributed by atoms with E-state index in [1.165, 1.54) is 48.7 Å². The summed E-state index contributed by atoms with van der Waals surface area (Å²) in [6, 6.07) is 14.3. The molecule has 0 bridgehead atoms. The van der Waals surface area contributed by atoms with Gasteiger partial charge in [-0.3, -0.25) is 9.59 Å². The largest absolute Gasteiger partial charge is 0.372 e. The molecule has 1 saturated heterocycles. The summed E-state index contributed by atoms with van der Waals surface area (Å²) in [7, 11) is 0. The molecule has 28 heavy (non-hydrogen) atoms. The van der Waals surface area contributed by atoms with Gasteiger partial charge in [-0.2, -0.15) is 0 Å². The number of anilines is 2. The molecule has 0 saturated carbocycles. The highest BCUT2D eigenvalue weighted by atomic mass is 19.1. The quantitative estimate of drug-likeness (QED) is 0.593. The summed E-state index contributed by atoms with van der Waals surface area (Å²) in [4.78, 5) is 26.1. The van der Waals surface area contributed by atoms with Gasteiger partial charge in [-0.25, -0.2) is 4.39 Å². The van der Waals surface area contributed by atoms with Crippen LogP contribution in [0.1, 0.15) is 31.2 Å². The normalized spacial score (nSPS) is 13.8. The summed E-state index contributed by atoms with van der Waals surface area (Å²) in [5, 5.41) is 4.85. The molecular formula is C22H26FN3O2. The van der Waals surface area contributed by atoms with E-state index in [9.17, 15) is 14.0 Å². The van der Waals surface area contributed by atoms with Crippen LogP contribution in [0.3, 0.4) is 0 Å². The third-order valence-corrected chi connectivity index (χ3v) is 4.91. The van der Waals surface area contributed by atoms with Gasteiger partial charge < -0.3 is 15.5 Å². The van der Waals surface area contributed by atoms with Crippen LogP contribution in [0.2, 0.25) is 0 Å². The molecule has 0 aromatic heterocycles. The molecule has 1 aliphatic rings. The zero-order chi connectivity index (χ0) is 19.8. The number of carbonyl (C=O) groups excluding carboxylic acids is 2. The van der Waals surface area contributed by atoms with Gasteiger partial charge in [0, 0.05) is 25.3 Å². The highest BCUT2D eigenvalue weighted by molar-refractivity contribution is 6.39. The SMILES string of the molecule is O=C(NCCCc1ccc(N2CCCCC2)cc1)C(=O)Nc1ccccc1F. The van der Waals surface area contributed by atoms with Crippen molar-refractivity contribution >= 4 is 23.2 Å². The minimum absolute atomic E-state index is 0.00329. The molecule has 2 aromatic carbocycles. The Hall–Kier alpha value is -2.89. The Kier molecular flexibility index (Phi) is 7.00. The lowest BCUT2D eigenvalue weighted by molar-refractivity contribution is -0.136. The molecule has 2 aromatic rings. The molecule has 0 aliphatic carbocycles. The van der Waals surface area contributed by atoms with Crippen molar-refractivity contribution < 1.29 is 14.0 Å². The second-order valence-corrected chi connectivity index (χ2v) is 7.01. The van der Waals surface area contributed by atoms with E-state index in [1.807, 2.05) is 0 Å². The number of amides is 2. The first kappa shape index (κ1) is 19.9. The Balaban J connectivity index is 1.38. The van der Waals surface area contributed by atoms with Crippen LogP contribution in [0.4, 0.5) is 15.8 Å². The van der Waals surface area contributed by atoms with Gasteiger partial charge in [0.1, 0.15) is 5.82 Å². The number of carbonyl (C=O) groups is 2. The molecule has 148 valence electrons. The van der Waals surface area contributed by atoms with Crippen LogP contribution in [-0.2, 0) is 16.0 Å². The fourth-order valence-corrected chi connectivity index (χ4v) is 3.34. The van der Waals surface area contributed by atoms with Crippen molar-refractivity contribution in [2.24, 2.45) is 0 Å². The van der Waals surface area contributed by atoms with Gasteiger partial charge in [-0.1, -0.05) is 24.3 Å². The van der Waals surface area contributed by atoms with E-state index in [0.717, 1.165) is 25.9 Å². The van der Waals surface area contributed by atoms with Crippen LogP contribution in [0.15, 0.2) is 48.5 Å². The Morgan fingerprint density at radius 1 is 0.929 bits per heavy atom. The molecule has 1 fully saturated rings. The minimum Gasteiger partial charge on any atom is -0.372 e. The highest BCUT2D eigenvalue weighted by Gasteiger charge is 2.15. The van der Waals surface area contributed by atoms with Gasteiger partial charge in [0.15, 0.2) is 0 Å². The molecule has 0 atom stereocenters. The number of hydrogen-bond acceptors (Lipinski definition) is 3. The van der Waals surface area contributed by atoms with Crippen LogP contribution in [0, 0.1) is 5.82 Å². The van der Waals surface area contributed by atoms with E-state index < -0.39 is 17.6 Å². The number of rotatable bonds is 6. The number of para-hydroxylation sites is 1. The minimum atomic E-state index is -0.865. The molecule has 6 heteroatoms. The van der Waals surface area contributed by atoms with Gasteiger partial charge in [-0.05, 0) is 61.9 Å². The van der Waals surface area contributed by atoms with Crippen molar-refractivity contribution in [2.75, 3.05) is 29.9 Å². The topological polar surface area (TPSA) is 61.4 Å². The summed E-state index contributed by atoms with van der Waals surface area (Å²) < 4.78 is 13.5. The Bertz CT molecular complexity index is 802. The molecule has 5 nitrogen and oxygen atoms in total. The molecule has 2 N–H and O–H groups in total. The Morgan fingerprint density at radius 2 is 1.64 bits per heavy atom. The number of halogens is 1. The lowest BCUT2D eigenvalue weighted by atomic mass is 10.1. The third-order valence-electron chi connectivity index (χ3n) is 4.91. The zero-order valence-electron chi connectivity index (χ0n) is 15.9. The highest BCUT2D eigenvalue weighted by Crippen LogP contribution is 2.20. The van der Waals surface area contributed by atoms with Crippen molar-refractivity contribution in [3.8, 4) is 0 Å². The molecule has 2 amide bonds. The van der Waals surface area contributed by atoms with Crippen molar-refractivity contribution in [1.82, 2.24) is 5.32 Å². The monoisotopic (exact) mass is 383 g/mol. The van der Waals surface area contributed by atoms with Crippen LogP contribution in [-0.4, -0.2) is 31.4 Å². The third kappa shape index (κ3) is 5.55. The van der Waals surface area contributed by atoms with E-state index in [1.54, 1.807) is 6.07 Å². The molecule has 1 heterocycles. The fourth-order valence-electron chi connectivity index (χ4n) is 3.34. The predicted molar refractivity (Wildman–Crippen MR) is 109 cm³/mol. The van der Waals surface area contributed by atoms with Crippen molar-refractivity contribution in [3.63, 3.8) is 0 Å². The first-order valence-corrected chi connectivity index (χ1v) is 9.81. The van der Waals surface area contributed by atoms with Crippen molar-refractivity contribution in [3.05, 3.63) is 59.9 Å². The predicted octanol–water partition coefficient (Wildman–Crippen LogP) is 3.50. The zero-order valence-corrected chi connectivity index (χ0v) is 15.9. The van der Waals surface area contributed by atoms with Crippen molar-refractivity contribution in [1.29, 1.82) is 0 Å². The van der Waals surface area contributed by atoms with E-state index in [-0.39, 0.29) is 5.69 Å². The van der Waals surface area contributed by atoms with E-state index >= 15 is 0 Å². The van der Waals surface area contributed by atoms with Gasteiger partial charge in [0.2, 0.25) is 0 Å². The van der Waals surface area contributed by atoms with Crippen molar-refractivity contribution in [2.45, 2.75) is 32.1 Å². The Labute approximate surface area is 164 Å². The molecular weight excluding hydrogens is 357 g/mol. The average Bonchev–Trinajstić information content (AvgIpc) is 2.73. The number of hydrogen-bond donors (Lipinski definition) is 2. The summed E-state index contributed by atoms with van der Waals surface area (Å²) >= 11 is 0. The maximum absolute atomic E-state index is 13.5. The number of nitrogens with one attached hydrogen (secondary N) is 2. The maximum Gasteiger partial charge on any atom is 0.313 e. The lowest BCUT2D eigenvalue weighted by Gasteiger charge is -2.28. The molecule has 0 unspecified atom stereocenters. The summed E-state index contributed by atoms with van der Waals surface area (Å²) in [6.07, 6.45) is 5.37. The summed E-state index contributed by atoms with van der Waals surface area (Å²) in [5.74, 6) is -2.20. The number of piperidine rings is 1. The standard InChI is InChI=1S/C22H26FN3O2/c23-19-8-2-3-9-20(19)25-22(28)21(27)24-14-6-7-17-10-12-18(13-11-17)26-15-4-1-5-16-26/h2-3,8-13H,1,4-7,14-16H2,(H,24,27)(H,25,28).